The van der Waals surface area contributed by atoms with Gasteiger partial charge in [0.2, 0.25) is 11.8 Å². The zero-order valence-corrected chi connectivity index (χ0v) is 9.79. The Morgan fingerprint density at radius 1 is 1.56 bits per heavy atom. The summed E-state index contributed by atoms with van der Waals surface area (Å²) in [7, 11) is 0. The number of nitrogens with one attached hydrogen (secondary N) is 1. The molecule has 0 radical (unpaired) electrons. The van der Waals surface area contributed by atoms with Crippen LogP contribution in [0.5, 0.6) is 0 Å². The van der Waals surface area contributed by atoms with Crippen LogP contribution in [0.4, 0.5) is 0 Å². The van der Waals surface area contributed by atoms with E-state index in [-0.39, 0.29) is 24.4 Å². The number of carbonyl (C=O) groups is 2. The van der Waals surface area contributed by atoms with Gasteiger partial charge in [0.05, 0.1) is 12.6 Å². The highest BCUT2D eigenvalue weighted by molar-refractivity contribution is 7.09. The van der Waals surface area contributed by atoms with Crippen molar-refractivity contribution in [3.63, 3.8) is 0 Å². The third-order valence-electron chi connectivity index (χ3n) is 2.61. The number of aromatic nitrogens is 1. The van der Waals surface area contributed by atoms with E-state index in [0.717, 1.165) is 5.01 Å². The van der Waals surface area contributed by atoms with Crippen LogP contribution in [0, 0.1) is 0 Å². The molecular weight excluding hydrogens is 226 g/mol. The highest BCUT2D eigenvalue weighted by Gasteiger charge is 2.26. The Morgan fingerprint density at radius 3 is 3.06 bits per heavy atom. The fraction of sp³-hybridized carbons (Fsp3) is 0.500. The van der Waals surface area contributed by atoms with E-state index >= 15 is 0 Å². The Labute approximate surface area is 97.5 Å². The molecule has 5 nitrogen and oxygen atoms in total. The molecule has 2 amide bonds. The number of amides is 2. The molecule has 1 saturated heterocycles. The third-order valence-corrected chi connectivity index (χ3v) is 3.56. The van der Waals surface area contributed by atoms with Crippen molar-refractivity contribution >= 4 is 23.2 Å². The molecule has 0 spiro atoms. The van der Waals surface area contributed by atoms with Gasteiger partial charge in [-0.25, -0.2) is 4.98 Å². The number of nitrogens with zero attached hydrogens (tertiary/aromatic N) is 2. The molecule has 1 atom stereocenters. The normalized spacial score (nSPS) is 19.2. The Kier molecular flexibility index (Phi) is 3.19. The molecule has 86 valence electrons. The Bertz CT molecular complexity index is 391. The van der Waals surface area contributed by atoms with E-state index in [1.165, 1.54) is 11.3 Å². The summed E-state index contributed by atoms with van der Waals surface area (Å²) >= 11 is 1.52. The fourth-order valence-electron chi connectivity index (χ4n) is 1.69. The van der Waals surface area contributed by atoms with E-state index in [0.29, 0.717) is 13.0 Å². The quantitative estimate of drug-likeness (QED) is 0.820. The first-order valence-electron chi connectivity index (χ1n) is 5.14. The second-order valence-corrected chi connectivity index (χ2v) is 4.59. The molecule has 1 unspecified atom stereocenters. The van der Waals surface area contributed by atoms with E-state index < -0.39 is 0 Å². The van der Waals surface area contributed by atoms with Crippen molar-refractivity contribution in [2.75, 3.05) is 13.1 Å². The van der Waals surface area contributed by atoms with Gasteiger partial charge in [-0.05, 0) is 6.92 Å². The van der Waals surface area contributed by atoms with Crippen LogP contribution in [0.25, 0.3) is 0 Å². The molecule has 1 N–H and O–H groups in total. The van der Waals surface area contributed by atoms with Crippen LogP contribution in [0.2, 0.25) is 0 Å². The number of carbonyl (C=O) groups excluding carboxylic acids is 2. The number of hydrogen-bond donors (Lipinski definition) is 1. The summed E-state index contributed by atoms with van der Waals surface area (Å²) in [6.07, 6.45) is 2.09. The second-order valence-electron chi connectivity index (χ2n) is 3.66. The lowest BCUT2D eigenvalue weighted by atomic mass is 10.2. The van der Waals surface area contributed by atoms with Gasteiger partial charge in [0.15, 0.2) is 0 Å². The maximum Gasteiger partial charge on any atom is 0.242 e. The molecule has 1 aliphatic rings. The summed E-state index contributed by atoms with van der Waals surface area (Å²) in [5.74, 6) is -0.115. The zero-order valence-electron chi connectivity index (χ0n) is 8.97. The Hall–Kier alpha value is -1.43. The Balaban J connectivity index is 2.13. The first-order valence-corrected chi connectivity index (χ1v) is 6.02. The summed E-state index contributed by atoms with van der Waals surface area (Å²) in [5.41, 5.74) is 0. The lowest BCUT2D eigenvalue weighted by Crippen LogP contribution is -2.36. The number of rotatable bonds is 2. The molecule has 0 bridgehead atoms. The second kappa shape index (κ2) is 4.61. The molecule has 1 aliphatic heterocycles. The van der Waals surface area contributed by atoms with Crippen LogP contribution >= 0.6 is 11.3 Å². The zero-order chi connectivity index (χ0) is 11.5. The summed E-state index contributed by atoms with van der Waals surface area (Å²) in [4.78, 5) is 28.9. The van der Waals surface area contributed by atoms with Gasteiger partial charge < -0.3 is 10.2 Å². The molecule has 2 rings (SSSR count). The van der Waals surface area contributed by atoms with Gasteiger partial charge in [-0.1, -0.05) is 0 Å². The van der Waals surface area contributed by atoms with E-state index in [2.05, 4.69) is 10.3 Å². The average Bonchev–Trinajstić information content (AvgIpc) is 2.74. The van der Waals surface area contributed by atoms with Crippen LogP contribution in [-0.2, 0) is 9.59 Å². The molecule has 0 aliphatic carbocycles. The van der Waals surface area contributed by atoms with Gasteiger partial charge in [-0.15, -0.1) is 11.3 Å². The van der Waals surface area contributed by atoms with Crippen LogP contribution in [0.3, 0.4) is 0 Å². The SMILES string of the molecule is CC(c1nccs1)N1CCC(=O)NCC1=O. The Morgan fingerprint density at radius 2 is 2.38 bits per heavy atom. The first-order chi connectivity index (χ1) is 7.68. The average molecular weight is 239 g/mol. The maximum atomic E-state index is 11.8. The van der Waals surface area contributed by atoms with Crippen LogP contribution in [-0.4, -0.2) is 34.8 Å². The molecule has 1 fully saturated rings. The predicted molar refractivity (Wildman–Crippen MR) is 59.9 cm³/mol. The highest BCUT2D eigenvalue weighted by Crippen LogP contribution is 2.22. The van der Waals surface area contributed by atoms with Crippen molar-refractivity contribution in [2.45, 2.75) is 19.4 Å². The summed E-state index contributed by atoms with van der Waals surface area (Å²) in [6.45, 7) is 2.49. The monoisotopic (exact) mass is 239 g/mol. The largest absolute Gasteiger partial charge is 0.347 e. The summed E-state index contributed by atoms with van der Waals surface area (Å²) < 4.78 is 0. The van der Waals surface area contributed by atoms with Gasteiger partial charge in [-0.2, -0.15) is 0 Å². The van der Waals surface area contributed by atoms with Crippen molar-refractivity contribution in [2.24, 2.45) is 0 Å². The van der Waals surface area contributed by atoms with E-state index in [9.17, 15) is 9.59 Å². The van der Waals surface area contributed by atoms with E-state index in [4.69, 9.17) is 0 Å². The standard InChI is InChI=1S/C10H13N3O2S/c1-7(10-11-3-5-16-10)13-4-2-8(14)12-6-9(13)15/h3,5,7H,2,4,6H2,1H3,(H,12,14). The van der Waals surface area contributed by atoms with Gasteiger partial charge in [0.1, 0.15) is 5.01 Å². The fourth-order valence-corrected chi connectivity index (χ4v) is 2.40. The van der Waals surface area contributed by atoms with E-state index in [1.54, 1.807) is 11.1 Å². The highest BCUT2D eigenvalue weighted by atomic mass is 32.1. The molecule has 1 aromatic rings. The molecule has 1 aromatic heterocycles. The van der Waals surface area contributed by atoms with Crippen LogP contribution in [0.15, 0.2) is 11.6 Å². The maximum absolute atomic E-state index is 11.8. The smallest absolute Gasteiger partial charge is 0.242 e. The van der Waals surface area contributed by atoms with Crippen LogP contribution < -0.4 is 5.32 Å². The van der Waals surface area contributed by atoms with Crippen molar-refractivity contribution in [1.29, 1.82) is 0 Å². The van der Waals surface area contributed by atoms with Crippen molar-refractivity contribution in [3.05, 3.63) is 16.6 Å². The molecule has 16 heavy (non-hydrogen) atoms. The third kappa shape index (κ3) is 2.21. The minimum absolute atomic E-state index is 0.0476. The number of hydrogen-bond acceptors (Lipinski definition) is 4. The van der Waals surface area contributed by atoms with Crippen molar-refractivity contribution in [1.82, 2.24) is 15.2 Å². The van der Waals surface area contributed by atoms with Gasteiger partial charge in [0, 0.05) is 24.5 Å². The van der Waals surface area contributed by atoms with Gasteiger partial charge in [0.25, 0.3) is 0 Å². The predicted octanol–water partition coefficient (Wildman–Crippen LogP) is 0.553. The lowest BCUT2D eigenvalue weighted by molar-refractivity contribution is -0.132. The lowest BCUT2D eigenvalue weighted by Gasteiger charge is -2.25. The molecule has 0 aromatic carbocycles. The van der Waals surface area contributed by atoms with Crippen molar-refractivity contribution in [3.8, 4) is 0 Å². The topological polar surface area (TPSA) is 62.3 Å². The minimum Gasteiger partial charge on any atom is -0.347 e. The van der Waals surface area contributed by atoms with E-state index in [1.807, 2.05) is 12.3 Å². The van der Waals surface area contributed by atoms with Gasteiger partial charge in [-0.3, -0.25) is 9.59 Å². The van der Waals surface area contributed by atoms with Crippen LogP contribution in [0.1, 0.15) is 24.4 Å². The molecular formula is C10H13N3O2S. The molecule has 2 heterocycles. The summed E-state index contributed by atoms with van der Waals surface area (Å²) in [5, 5.41) is 5.37. The number of thiazole rings is 1. The molecule has 0 saturated carbocycles. The van der Waals surface area contributed by atoms with Gasteiger partial charge >= 0.3 is 0 Å². The summed E-state index contributed by atoms with van der Waals surface area (Å²) in [6, 6.07) is -0.0554. The minimum atomic E-state index is -0.0674. The first kappa shape index (κ1) is 11.1. The molecule has 6 heteroatoms. The van der Waals surface area contributed by atoms with Crippen molar-refractivity contribution < 1.29 is 9.59 Å².